The van der Waals surface area contributed by atoms with Crippen molar-refractivity contribution in [3.05, 3.63) is 65.2 Å². The molecule has 1 saturated carbocycles. The average Bonchev–Trinajstić information content (AvgIpc) is 3.51. The van der Waals surface area contributed by atoms with E-state index in [1.54, 1.807) is 21.9 Å². The van der Waals surface area contributed by atoms with Crippen LogP contribution in [-0.4, -0.2) is 58.5 Å². The van der Waals surface area contributed by atoms with E-state index in [0.29, 0.717) is 50.3 Å². The molecule has 2 aliphatic rings. The van der Waals surface area contributed by atoms with Gasteiger partial charge in [0.05, 0.1) is 6.04 Å². The molecule has 152 valence electrons. The second-order valence-electron chi connectivity index (χ2n) is 7.84. The zero-order chi connectivity index (χ0) is 20.6. The van der Waals surface area contributed by atoms with Crippen molar-refractivity contribution in [3.8, 4) is 0 Å². The largest absolute Gasteiger partial charge is 0.398 e. The summed E-state index contributed by atoms with van der Waals surface area (Å²) in [5.41, 5.74) is 14.2. The molecule has 29 heavy (non-hydrogen) atoms. The number of carbonyl (C=O) groups is 2. The predicted octanol–water partition coefficient (Wildman–Crippen LogP) is 1.13. The smallest absolute Gasteiger partial charge is 0.254 e. The van der Waals surface area contributed by atoms with E-state index < -0.39 is 5.60 Å². The van der Waals surface area contributed by atoms with Gasteiger partial charge in [0.15, 0.2) is 0 Å². The van der Waals surface area contributed by atoms with Crippen molar-refractivity contribution in [2.24, 2.45) is 5.73 Å². The Bertz CT molecular complexity index is 916. The fraction of sp³-hybridized carbons (Fsp3) is 0.364. The van der Waals surface area contributed by atoms with Gasteiger partial charge in [-0.15, -0.1) is 0 Å². The van der Waals surface area contributed by atoms with E-state index in [9.17, 15) is 14.7 Å². The van der Waals surface area contributed by atoms with E-state index in [1.807, 2.05) is 36.4 Å². The lowest BCUT2D eigenvalue weighted by atomic mass is 9.97. The maximum absolute atomic E-state index is 12.8. The highest BCUT2D eigenvalue weighted by Gasteiger charge is 2.50. The molecule has 1 atom stereocenters. The summed E-state index contributed by atoms with van der Waals surface area (Å²) in [6.07, 6.45) is 1.07. The van der Waals surface area contributed by atoms with Gasteiger partial charge in [-0.25, -0.2) is 0 Å². The van der Waals surface area contributed by atoms with Crippen LogP contribution in [0.4, 0.5) is 5.69 Å². The standard InChI is InChI=1S/C22H26N4O3/c23-18-4-2-1-3-17(18)19(24)15-5-7-16(8-6-15)20(27)25-11-13-26(14-12-25)21(28)22(29)9-10-22/h1-8,19,29H,9-14,23-24H2. The summed E-state index contributed by atoms with van der Waals surface area (Å²) in [5, 5.41) is 9.98. The lowest BCUT2D eigenvalue weighted by molar-refractivity contribution is -0.143. The van der Waals surface area contributed by atoms with Gasteiger partial charge in [0.25, 0.3) is 11.8 Å². The number of nitrogens with zero attached hydrogens (tertiary/aromatic N) is 2. The third-order valence-electron chi connectivity index (χ3n) is 5.82. The van der Waals surface area contributed by atoms with E-state index in [0.717, 1.165) is 11.1 Å². The van der Waals surface area contributed by atoms with Gasteiger partial charge in [0, 0.05) is 37.4 Å². The summed E-state index contributed by atoms with van der Waals surface area (Å²) in [6, 6.07) is 14.4. The summed E-state index contributed by atoms with van der Waals surface area (Å²) in [4.78, 5) is 28.4. The fourth-order valence-electron chi connectivity index (χ4n) is 3.73. The Morgan fingerprint density at radius 1 is 0.931 bits per heavy atom. The zero-order valence-electron chi connectivity index (χ0n) is 16.3. The predicted molar refractivity (Wildman–Crippen MR) is 110 cm³/mol. The van der Waals surface area contributed by atoms with Gasteiger partial charge in [0.1, 0.15) is 5.60 Å². The van der Waals surface area contributed by atoms with Crippen LogP contribution >= 0.6 is 0 Å². The number of amides is 2. The van der Waals surface area contributed by atoms with Crippen LogP contribution in [0.1, 0.15) is 40.4 Å². The van der Waals surface area contributed by atoms with E-state index >= 15 is 0 Å². The van der Waals surface area contributed by atoms with Crippen molar-refractivity contribution in [2.75, 3.05) is 31.9 Å². The minimum absolute atomic E-state index is 0.0680. The van der Waals surface area contributed by atoms with Gasteiger partial charge >= 0.3 is 0 Å². The van der Waals surface area contributed by atoms with Gasteiger partial charge in [-0.2, -0.15) is 0 Å². The molecule has 0 bridgehead atoms. The Labute approximate surface area is 169 Å². The normalized spacial score (nSPS) is 19.0. The number of piperazine rings is 1. The molecule has 1 aliphatic heterocycles. The fourth-order valence-corrected chi connectivity index (χ4v) is 3.73. The van der Waals surface area contributed by atoms with Gasteiger partial charge in [-0.05, 0) is 42.2 Å². The molecule has 1 saturated heterocycles. The first-order valence-electron chi connectivity index (χ1n) is 9.90. The highest BCUT2D eigenvalue weighted by Crippen LogP contribution is 2.37. The summed E-state index contributed by atoms with van der Waals surface area (Å²) < 4.78 is 0. The average molecular weight is 394 g/mol. The van der Waals surface area contributed by atoms with Crippen LogP contribution < -0.4 is 11.5 Å². The van der Waals surface area contributed by atoms with Gasteiger partial charge in [-0.1, -0.05) is 30.3 Å². The van der Waals surface area contributed by atoms with Crippen LogP contribution in [-0.2, 0) is 4.79 Å². The molecule has 7 heteroatoms. The Balaban J connectivity index is 1.39. The van der Waals surface area contributed by atoms with Crippen LogP contribution in [0.3, 0.4) is 0 Å². The van der Waals surface area contributed by atoms with E-state index in [1.165, 1.54) is 0 Å². The Hall–Kier alpha value is -2.90. The van der Waals surface area contributed by atoms with E-state index in [2.05, 4.69) is 0 Å². The molecular weight excluding hydrogens is 368 g/mol. The van der Waals surface area contributed by atoms with Crippen LogP contribution in [0.25, 0.3) is 0 Å². The van der Waals surface area contributed by atoms with Crippen LogP contribution in [0.15, 0.2) is 48.5 Å². The summed E-state index contributed by atoms with van der Waals surface area (Å²) >= 11 is 0. The molecule has 1 unspecified atom stereocenters. The Kier molecular flexibility index (Phi) is 5.02. The van der Waals surface area contributed by atoms with Crippen LogP contribution in [0.5, 0.6) is 0 Å². The molecule has 2 fully saturated rings. The number of nitrogen functional groups attached to an aromatic ring is 1. The second kappa shape index (κ2) is 7.50. The molecule has 4 rings (SSSR count). The van der Waals surface area contributed by atoms with Gasteiger partial charge in [-0.3, -0.25) is 9.59 Å². The van der Waals surface area contributed by atoms with Crippen molar-refractivity contribution in [3.63, 3.8) is 0 Å². The highest BCUT2D eigenvalue weighted by molar-refractivity contribution is 5.94. The number of anilines is 1. The number of nitrogens with two attached hydrogens (primary N) is 2. The number of aliphatic hydroxyl groups is 1. The first-order chi connectivity index (χ1) is 13.9. The molecule has 1 heterocycles. The minimum Gasteiger partial charge on any atom is -0.398 e. The lowest BCUT2D eigenvalue weighted by Crippen LogP contribution is -2.53. The molecule has 5 N–H and O–H groups in total. The first kappa shape index (κ1) is 19.4. The summed E-state index contributed by atoms with van der Waals surface area (Å²) in [5.74, 6) is -0.273. The molecule has 2 aromatic carbocycles. The molecule has 0 aromatic heterocycles. The maximum atomic E-state index is 12.8. The third kappa shape index (κ3) is 3.83. The topological polar surface area (TPSA) is 113 Å². The number of hydrogen-bond donors (Lipinski definition) is 3. The maximum Gasteiger partial charge on any atom is 0.254 e. The van der Waals surface area contributed by atoms with E-state index in [-0.39, 0.29) is 17.9 Å². The van der Waals surface area contributed by atoms with Crippen molar-refractivity contribution >= 4 is 17.5 Å². The number of benzene rings is 2. The number of para-hydroxylation sites is 1. The second-order valence-corrected chi connectivity index (χ2v) is 7.84. The number of rotatable bonds is 4. The summed E-state index contributed by atoms with van der Waals surface area (Å²) in [6.45, 7) is 1.82. The molecule has 1 aliphatic carbocycles. The van der Waals surface area contributed by atoms with Gasteiger partial charge in [0.2, 0.25) is 0 Å². The molecule has 0 radical (unpaired) electrons. The molecule has 7 nitrogen and oxygen atoms in total. The molecule has 0 spiro atoms. The highest BCUT2D eigenvalue weighted by atomic mass is 16.3. The van der Waals surface area contributed by atoms with Crippen LogP contribution in [0.2, 0.25) is 0 Å². The zero-order valence-corrected chi connectivity index (χ0v) is 16.3. The first-order valence-corrected chi connectivity index (χ1v) is 9.90. The van der Waals surface area contributed by atoms with Crippen molar-refractivity contribution in [2.45, 2.75) is 24.5 Å². The SMILES string of the molecule is Nc1ccccc1C(N)c1ccc(C(=O)N2CCN(C(=O)C3(O)CC3)CC2)cc1. The number of hydrogen-bond acceptors (Lipinski definition) is 5. The molecular formula is C22H26N4O3. The lowest BCUT2D eigenvalue weighted by Gasteiger charge is -2.35. The van der Waals surface area contributed by atoms with Crippen molar-refractivity contribution in [1.82, 2.24) is 9.80 Å². The van der Waals surface area contributed by atoms with Crippen molar-refractivity contribution < 1.29 is 14.7 Å². The van der Waals surface area contributed by atoms with Crippen LogP contribution in [0, 0.1) is 0 Å². The summed E-state index contributed by atoms with van der Waals surface area (Å²) in [7, 11) is 0. The Morgan fingerprint density at radius 3 is 2.10 bits per heavy atom. The Morgan fingerprint density at radius 2 is 1.52 bits per heavy atom. The number of carbonyl (C=O) groups excluding carboxylic acids is 2. The van der Waals surface area contributed by atoms with Crippen molar-refractivity contribution in [1.29, 1.82) is 0 Å². The monoisotopic (exact) mass is 394 g/mol. The quantitative estimate of drug-likeness (QED) is 0.673. The third-order valence-corrected chi connectivity index (χ3v) is 5.82. The van der Waals surface area contributed by atoms with Gasteiger partial charge < -0.3 is 26.4 Å². The minimum atomic E-state index is -1.15. The molecule has 2 amide bonds. The van der Waals surface area contributed by atoms with E-state index in [4.69, 9.17) is 11.5 Å². The molecule has 2 aromatic rings.